The summed E-state index contributed by atoms with van der Waals surface area (Å²) in [5.41, 5.74) is 0. The van der Waals surface area contributed by atoms with Crippen LogP contribution >= 0.6 is 0 Å². The zero-order valence-electron chi connectivity index (χ0n) is 11.9. The Kier molecular flexibility index (Phi) is 4.99. The molecule has 0 bridgehead atoms. The average Bonchev–Trinajstić information content (AvgIpc) is 2.52. The molecule has 0 radical (unpaired) electrons. The van der Waals surface area contributed by atoms with E-state index in [-0.39, 0.29) is 18.4 Å². The van der Waals surface area contributed by atoms with Gasteiger partial charge in [0.15, 0.2) is 5.79 Å². The molecular formula is C11H25NO4SSi. The van der Waals surface area contributed by atoms with E-state index in [0.29, 0.717) is 6.61 Å². The average molecular weight is 295 g/mol. The van der Waals surface area contributed by atoms with E-state index in [1.807, 2.05) is 13.8 Å². The number of ether oxygens (including phenoxy) is 2. The molecular weight excluding hydrogens is 270 g/mol. The Labute approximate surface area is 111 Å². The maximum atomic E-state index is 11.8. The predicted octanol–water partition coefficient (Wildman–Crippen LogP) is 1.40. The smallest absolute Gasteiger partial charge is 0.211 e. The summed E-state index contributed by atoms with van der Waals surface area (Å²) in [5.74, 6) is -0.395. The van der Waals surface area contributed by atoms with Crippen molar-refractivity contribution >= 4 is 18.1 Å². The highest BCUT2D eigenvalue weighted by Crippen LogP contribution is 2.21. The summed E-state index contributed by atoms with van der Waals surface area (Å²) in [4.78, 5) is 0. The first-order valence-electron chi connectivity index (χ1n) is 6.28. The first-order valence-corrected chi connectivity index (χ1v) is 11.6. The van der Waals surface area contributed by atoms with Gasteiger partial charge in [-0.25, -0.2) is 13.1 Å². The molecule has 108 valence electrons. The van der Waals surface area contributed by atoms with Gasteiger partial charge in [-0.2, -0.15) is 0 Å². The highest BCUT2D eigenvalue weighted by Gasteiger charge is 2.33. The first kappa shape index (κ1) is 16.1. The van der Waals surface area contributed by atoms with Gasteiger partial charge in [-0.3, -0.25) is 0 Å². The lowest BCUT2D eigenvalue weighted by atomic mass is 10.4. The van der Waals surface area contributed by atoms with Gasteiger partial charge in [0.25, 0.3) is 0 Å². The molecule has 0 spiro atoms. The van der Waals surface area contributed by atoms with E-state index in [2.05, 4.69) is 24.4 Å². The summed E-state index contributed by atoms with van der Waals surface area (Å²) < 4.78 is 37.2. The molecule has 5 nitrogen and oxygen atoms in total. The first-order chi connectivity index (χ1) is 7.99. The minimum absolute atomic E-state index is 0.193. The van der Waals surface area contributed by atoms with Crippen LogP contribution in [0.5, 0.6) is 0 Å². The molecule has 0 aliphatic carbocycles. The van der Waals surface area contributed by atoms with Crippen molar-refractivity contribution in [2.75, 3.05) is 18.9 Å². The van der Waals surface area contributed by atoms with Gasteiger partial charge in [0.1, 0.15) is 0 Å². The van der Waals surface area contributed by atoms with Gasteiger partial charge in [0.05, 0.1) is 18.5 Å². The molecule has 1 heterocycles. The minimum Gasteiger partial charge on any atom is -0.348 e. The van der Waals surface area contributed by atoms with Crippen LogP contribution in [-0.2, 0) is 19.5 Å². The number of nitrogens with one attached hydrogen (secondary N) is 1. The van der Waals surface area contributed by atoms with Gasteiger partial charge >= 0.3 is 0 Å². The number of hydrogen-bond acceptors (Lipinski definition) is 4. The third-order valence-electron chi connectivity index (χ3n) is 2.72. The number of sulfonamides is 1. The maximum absolute atomic E-state index is 11.8. The molecule has 0 amide bonds. The maximum Gasteiger partial charge on any atom is 0.211 e. The predicted molar refractivity (Wildman–Crippen MR) is 74.8 cm³/mol. The van der Waals surface area contributed by atoms with E-state index in [1.54, 1.807) is 0 Å². The molecule has 1 saturated heterocycles. The second kappa shape index (κ2) is 5.58. The lowest BCUT2D eigenvalue weighted by Crippen LogP contribution is -2.37. The van der Waals surface area contributed by atoms with Gasteiger partial charge in [-0.15, -0.1) is 0 Å². The summed E-state index contributed by atoms with van der Waals surface area (Å²) in [7, 11) is -4.52. The monoisotopic (exact) mass is 295 g/mol. The highest BCUT2D eigenvalue weighted by molar-refractivity contribution is 7.89. The quantitative estimate of drug-likeness (QED) is 0.752. The molecule has 1 rings (SSSR count). The zero-order valence-corrected chi connectivity index (χ0v) is 13.8. The molecule has 1 atom stereocenters. The Hall–Kier alpha value is 0.0469. The van der Waals surface area contributed by atoms with Crippen LogP contribution in [-0.4, -0.2) is 47.3 Å². The number of rotatable bonds is 6. The van der Waals surface area contributed by atoms with E-state index in [4.69, 9.17) is 9.47 Å². The van der Waals surface area contributed by atoms with Crippen molar-refractivity contribution in [1.29, 1.82) is 0 Å². The minimum atomic E-state index is -3.19. The van der Waals surface area contributed by atoms with E-state index in [0.717, 1.165) is 6.04 Å². The van der Waals surface area contributed by atoms with Gasteiger partial charge in [0.2, 0.25) is 10.0 Å². The van der Waals surface area contributed by atoms with Crippen LogP contribution in [0.2, 0.25) is 25.7 Å². The van der Waals surface area contributed by atoms with Crippen molar-refractivity contribution < 1.29 is 17.9 Å². The van der Waals surface area contributed by atoms with Crippen LogP contribution in [0, 0.1) is 0 Å². The molecule has 18 heavy (non-hydrogen) atoms. The van der Waals surface area contributed by atoms with Crippen LogP contribution in [0.15, 0.2) is 0 Å². The van der Waals surface area contributed by atoms with E-state index in [9.17, 15) is 8.42 Å². The molecule has 1 N–H and O–H groups in total. The third-order valence-corrected chi connectivity index (χ3v) is 6.18. The van der Waals surface area contributed by atoms with Crippen molar-refractivity contribution in [2.45, 2.75) is 51.4 Å². The normalized spacial score (nSPS) is 24.4. The lowest BCUT2D eigenvalue weighted by Gasteiger charge is -2.18. The summed E-state index contributed by atoms with van der Waals surface area (Å²) in [6.07, 6.45) is -0.193. The SMILES string of the molecule is CC1(C)OCC(CNS(=O)(=O)CC[Si](C)(C)C)O1. The largest absolute Gasteiger partial charge is 0.348 e. The summed E-state index contributed by atoms with van der Waals surface area (Å²) in [5, 5.41) is 0. The Morgan fingerprint density at radius 2 is 1.94 bits per heavy atom. The Bertz CT molecular complexity index is 375. The van der Waals surface area contributed by atoms with Gasteiger partial charge in [-0.05, 0) is 19.9 Å². The number of hydrogen-bond donors (Lipinski definition) is 1. The van der Waals surface area contributed by atoms with Crippen molar-refractivity contribution in [3.8, 4) is 0 Å². The summed E-state index contributed by atoms with van der Waals surface area (Å²) in [6.45, 7) is 10.9. The van der Waals surface area contributed by atoms with Gasteiger partial charge < -0.3 is 9.47 Å². The van der Waals surface area contributed by atoms with Gasteiger partial charge in [0, 0.05) is 14.6 Å². The van der Waals surface area contributed by atoms with Crippen LogP contribution in [0.1, 0.15) is 13.8 Å². The molecule has 1 aliphatic heterocycles. The lowest BCUT2D eigenvalue weighted by molar-refractivity contribution is -0.137. The van der Waals surface area contributed by atoms with Crippen LogP contribution in [0.25, 0.3) is 0 Å². The van der Waals surface area contributed by atoms with Crippen molar-refractivity contribution in [3.05, 3.63) is 0 Å². The Balaban J connectivity index is 2.34. The zero-order chi connectivity index (χ0) is 14.0. The summed E-state index contributed by atoms with van der Waals surface area (Å²) >= 11 is 0. The Morgan fingerprint density at radius 3 is 2.39 bits per heavy atom. The van der Waals surface area contributed by atoms with Crippen LogP contribution < -0.4 is 4.72 Å². The molecule has 1 unspecified atom stereocenters. The second-order valence-electron chi connectivity index (χ2n) is 6.43. The molecule has 0 aromatic rings. The highest BCUT2D eigenvalue weighted by atomic mass is 32.2. The fourth-order valence-electron chi connectivity index (χ4n) is 1.60. The molecule has 0 aromatic carbocycles. The van der Waals surface area contributed by atoms with Gasteiger partial charge in [-0.1, -0.05) is 19.6 Å². The molecule has 7 heteroatoms. The standard InChI is InChI=1S/C11H25NO4SSi/c1-11(2)15-9-10(16-11)8-12-17(13,14)6-7-18(3,4)5/h10,12H,6-9H2,1-5H3. The van der Waals surface area contributed by atoms with E-state index < -0.39 is 23.9 Å². The van der Waals surface area contributed by atoms with Crippen LogP contribution in [0.3, 0.4) is 0 Å². The molecule has 0 saturated carbocycles. The van der Waals surface area contributed by atoms with Crippen molar-refractivity contribution in [1.82, 2.24) is 4.72 Å². The fraction of sp³-hybridized carbons (Fsp3) is 1.00. The van der Waals surface area contributed by atoms with Crippen LogP contribution in [0.4, 0.5) is 0 Å². The van der Waals surface area contributed by atoms with E-state index >= 15 is 0 Å². The fourth-order valence-corrected chi connectivity index (χ4v) is 5.70. The third kappa shape index (κ3) is 6.28. The molecule has 1 aliphatic rings. The molecule has 0 aromatic heterocycles. The van der Waals surface area contributed by atoms with Crippen molar-refractivity contribution in [2.24, 2.45) is 0 Å². The van der Waals surface area contributed by atoms with E-state index in [1.165, 1.54) is 0 Å². The molecule has 1 fully saturated rings. The topological polar surface area (TPSA) is 64.6 Å². The van der Waals surface area contributed by atoms with Crippen molar-refractivity contribution in [3.63, 3.8) is 0 Å². The summed E-state index contributed by atoms with van der Waals surface area (Å²) in [6, 6.07) is 0.774. The second-order valence-corrected chi connectivity index (χ2v) is 14.0. The Morgan fingerprint density at radius 1 is 1.33 bits per heavy atom.